The second-order valence-corrected chi connectivity index (χ2v) is 16.6. The van der Waals surface area contributed by atoms with Gasteiger partial charge in [0.15, 0.2) is 0 Å². The van der Waals surface area contributed by atoms with Crippen molar-refractivity contribution in [2.75, 3.05) is 19.8 Å². The lowest BCUT2D eigenvalue weighted by Gasteiger charge is -2.46. The molecule has 0 bridgehead atoms. The highest BCUT2D eigenvalue weighted by Crippen LogP contribution is 2.48. The lowest BCUT2D eigenvalue weighted by molar-refractivity contribution is -0.136. The Morgan fingerprint density at radius 3 is 0.981 bits per heavy atom. The smallest absolute Gasteiger partial charge is 0.334 e. The molecule has 0 spiro atoms. The van der Waals surface area contributed by atoms with Gasteiger partial charge in [-0.1, -0.05) is 191 Å². The number of hydrogen-bond donors (Lipinski definition) is 8. The molecule has 0 fully saturated rings. The minimum absolute atomic E-state index is 0.532. The van der Waals surface area contributed by atoms with Gasteiger partial charge >= 0.3 is 17.2 Å². The van der Waals surface area contributed by atoms with Crippen LogP contribution in [0.1, 0.15) is 177 Å². The quantitative estimate of drug-likeness (QED) is 0.0265. The van der Waals surface area contributed by atoms with Crippen LogP contribution in [0.5, 0.6) is 0 Å². The van der Waals surface area contributed by atoms with Gasteiger partial charge in [-0.25, -0.2) is 4.31 Å². The Hall–Kier alpha value is -1.06. The Balaban J connectivity index is 0.00000189. The zero-order chi connectivity index (χ0) is 39.9. The average Bonchev–Trinajstić information content (AvgIpc) is 3.16. The molecule has 312 valence electrons. The number of unbranched alkanes of at least 4 members (excludes halogenated alkanes) is 20. The van der Waals surface area contributed by atoms with Crippen molar-refractivity contribution >= 4 is 17.2 Å². The van der Waals surface area contributed by atoms with Crippen LogP contribution in [0.3, 0.4) is 0 Å². The molecule has 2 aromatic rings. The van der Waals surface area contributed by atoms with Gasteiger partial charge in [0.05, 0.1) is 25.2 Å². The molecule has 0 aliphatic carbocycles. The Morgan fingerprint density at radius 1 is 0.444 bits per heavy atom. The first-order valence-corrected chi connectivity index (χ1v) is 23.3. The molecule has 0 amide bonds. The maximum absolute atomic E-state index is 12.9. The molecular formula is C43H76O9P2. The van der Waals surface area contributed by atoms with E-state index in [1.807, 2.05) is 36.4 Å². The minimum Gasteiger partial charge on any atom is -0.395 e. The van der Waals surface area contributed by atoms with Crippen LogP contribution >= 0.6 is 17.2 Å². The molecule has 0 aliphatic rings. The van der Waals surface area contributed by atoms with E-state index < -0.39 is 48.0 Å². The Kier molecular flexibility index (Phi) is 30.2. The van der Waals surface area contributed by atoms with Crippen LogP contribution in [0.25, 0.3) is 0 Å². The van der Waals surface area contributed by atoms with Crippen molar-refractivity contribution in [3.05, 3.63) is 70.8 Å². The molecule has 11 heteroatoms. The first kappa shape index (κ1) is 51.0. The van der Waals surface area contributed by atoms with Crippen molar-refractivity contribution in [2.24, 2.45) is 5.41 Å². The fourth-order valence-electron chi connectivity index (χ4n) is 7.42. The number of aryl methyl sites for hydroxylation is 2. The monoisotopic (exact) mass is 798 g/mol. The van der Waals surface area contributed by atoms with Crippen LogP contribution in [-0.4, -0.2) is 59.8 Å². The van der Waals surface area contributed by atoms with Crippen LogP contribution in [0.2, 0.25) is 0 Å². The van der Waals surface area contributed by atoms with Gasteiger partial charge in [0, 0.05) is 0 Å². The lowest BCUT2D eigenvalue weighted by atomic mass is 9.63. The summed E-state index contributed by atoms with van der Waals surface area (Å²) in [6.07, 6.45) is 29.7. The first-order valence-electron chi connectivity index (χ1n) is 20.9. The molecule has 0 atom stereocenters. The van der Waals surface area contributed by atoms with E-state index in [0.717, 1.165) is 49.7 Å². The summed E-state index contributed by atoms with van der Waals surface area (Å²) in [6.45, 7) is 2.93. The summed E-state index contributed by atoms with van der Waals surface area (Å²) in [6, 6.07) is 15.9. The van der Waals surface area contributed by atoms with Crippen molar-refractivity contribution in [3.8, 4) is 0 Å². The molecule has 8 N–H and O–H groups in total. The molecule has 0 aromatic heterocycles. The van der Waals surface area contributed by atoms with Crippen LogP contribution in [0.15, 0.2) is 48.5 Å². The molecular weight excluding hydrogens is 722 g/mol. The van der Waals surface area contributed by atoms with Crippen molar-refractivity contribution in [3.63, 3.8) is 0 Å². The van der Waals surface area contributed by atoms with E-state index in [4.69, 9.17) is 19.6 Å². The SMILES string of the molecule is CCCCCCCCCCCCCc1ccccc1C(O)(c1ccccc1CCCCCCCCCCCCC)C(CO)(CO)CO.OP(O)OP(O)O. The third-order valence-corrected chi connectivity index (χ3v) is 11.9. The largest absolute Gasteiger partial charge is 0.395 e. The molecule has 54 heavy (non-hydrogen) atoms. The molecule has 2 rings (SSSR count). The van der Waals surface area contributed by atoms with Crippen molar-refractivity contribution in [2.45, 2.75) is 174 Å². The molecule has 0 heterocycles. The molecule has 0 radical (unpaired) electrons. The summed E-state index contributed by atoms with van der Waals surface area (Å²) < 4.78 is 3.60. The predicted molar refractivity (Wildman–Crippen MR) is 224 cm³/mol. The molecule has 9 nitrogen and oxygen atoms in total. The van der Waals surface area contributed by atoms with Gasteiger partial charge in [-0.05, 0) is 47.9 Å². The van der Waals surface area contributed by atoms with Crippen LogP contribution in [0.4, 0.5) is 0 Å². The van der Waals surface area contributed by atoms with Gasteiger partial charge in [-0.15, -0.1) is 0 Å². The minimum atomic E-state index is -2.61. The summed E-state index contributed by atoms with van der Waals surface area (Å²) >= 11 is 0. The standard InChI is InChI=1S/C43H72O4.H4O5P2/c1-3-5-7-9-11-13-15-17-19-21-23-29-38-31-25-27-33-40(38)43(47,42(35-44,36-45)37-46)41-34-28-26-32-39(41)30-24-22-20-18-16-14-12-10-8-6-4-2;1-6(2)5-7(3)4/h25-28,31-34,44-47H,3-24,29-30,35-37H2,1-2H3;1-4H. The van der Waals surface area contributed by atoms with E-state index in [2.05, 4.69) is 30.3 Å². The topological polar surface area (TPSA) is 171 Å². The van der Waals surface area contributed by atoms with Gasteiger partial charge in [0.2, 0.25) is 0 Å². The van der Waals surface area contributed by atoms with Crippen LogP contribution in [-0.2, 0) is 22.8 Å². The Labute approximate surface area is 330 Å². The summed E-state index contributed by atoms with van der Waals surface area (Å²) in [5.41, 5.74) is 0.151. The van der Waals surface area contributed by atoms with Crippen molar-refractivity contribution in [1.82, 2.24) is 0 Å². The van der Waals surface area contributed by atoms with Crippen molar-refractivity contribution < 1.29 is 44.3 Å². The highest BCUT2D eigenvalue weighted by molar-refractivity contribution is 7.53. The van der Waals surface area contributed by atoms with E-state index in [9.17, 15) is 20.4 Å². The molecule has 0 saturated carbocycles. The second kappa shape index (κ2) is 32.0. The second-order valence-electron chi connectivity index (χ2n) is 14.9. The van der Waals surface area contributed by atoms with Gasteiger partial charge in [0.25, 0.3) is 0 Å². The zero-order valence-electron chi connectivity index (χ0n) is 33.6. The number of rotatable bonds is 32. The third-order valence-electron chi connectivity index (χ3n) is 10.7. The molecule has 0 unspecified atom stereocenters. The van der Waals surface area contributed by atoms with E-state index >= 15 is 0 Å². The normalized spacial score (nSPS) is 12.1. The maximum Gasteiger partial charge on any atom is 0.334 e. The molecule has 0 saturated heterocycles. The summed E-state index contributed by atoms with van der Waals surface area (Å²) in [5, 5.41) is 45.0. The van der Waals surface area contributed by atoms with E-state index in [1.54, 1.807) is 0 Å². The first-order chi connectivity index (χ1) is 26.2. The molecule has 2 aromatic carbocycles. The van der Waals surface area contributed by atoms with Crippen LogP contribution in [0, 0.1) is 5.41 Å². The lowest BCUT2D eigenvalue weighted by Crippen LogP contribution is -2.55. The van der Waals surface area contributed by atoms with Crippen molar-refractivity contribution in [1.29, 1.82) is 0 Å². The highest BCUT2D eigenvalue weighted by atomic mass is 31.2. The summed E-state index contributed by atoms with van der Waals surface area (Å²) in [5.74, 6) is 0. The van der Waals surface area contributed by atoms with E-state index in [1.165, 1.54) is 116 Å². The number of hydrogen-bond acceptors (Lipinski definition) is 9. The third kappa shape index (κ3) is 19.4. The highest BCUT2D eigenvalue weighted by Gasteiger charge is 2.53. The van der Waals surface area contributed by atoms with Gasteiger partial charge in [0.1, 0.15) is 5.60 Å². The van der Waals surface area contributed by atoms with Gasteiger partial charge < -0.3 is 40.0 Å². The zero-order valence-corrected chi connectivity index (χ0v) is 35.4. The fourth-order valence-corrected chi connectivity index (χ4v) is 7.94. The predicted octanol–water partition coefficient (Wildman–Crippen LogP) is 10.0. The van der Waals surface area contributed by atoms with E-state index in [-0.39, 0.29) is 0 Å². The average molecular weight is 799 g/mol. The number of benzene rings is 2. The van der Waals surface area contributed by atoms with Gasteiger partial charge in [-0.2, -0.15) is 0 Å². The van der Waals surface area contributed by atoms with Crippen LogP contribution < -0.4 is 0 Å². The summed E-state index contributed by atoms with van der Waals surface area (Å²) in [7, 11) is -5.22. The fraction of sp³-hybridized carbons (Fsp3) is 0.721. The molecule has 0 aliphatic heterocycles. The Morgan fingerprint density at radius 2 is 0.722 bits per heavy atom. The Bertz CT molecular complexity index is 1080. The number of aliphatic hydroxyl groups is 4. The van der Waals surface area contributed by atoms with Gasteiger partial charge in [-0.3, -0.25) is 0 Å². The van der Waals surface area contributed by atoms with E-state index in [0.29, 0.717) is 11.1 Å². The summed E-state index contributed by atoms with van der Waals surface area (Å²) in [4.78, 5) is 31.3. The number of aliphatic hydroxyl groups excluding tert-OH is 3. The maximum atomic E-state index is 12.9.